The van der Waals surface area contributed by atoms with Crippen LogP contribution in [0.1, 0.15) is 0 Å². The minimum atomic E-state index is -0.133. The molecule has 36 heavy (non-hydrogen) atoms. The fourth-order valence-electron chi connectivity index (χ4n) is 4.63. The number of imidazole rings is 1. The molecule has 1 aliphatic heterocycles. The number of piperazine rings is 1. The molecule has 9 heteroatoms. The Kier molecular flexibility index (Phi) is 5.67. The number of hydrogen-bond acceptors (Lipinski definition) is 6. The lowest BCUT2D eigenvalue weighted by Crippen LogP contribution is -2.59. The van der Waals surface area contributed by atoms with E-state index < -0.39 is 0 Å². The molecule has 9 nitrogen and oxygen atoms in total. The molecule has 0 radical (unpaired) electrons. The van der Waals surface area contributed by atoms with Crippen LogP contribution in [-0.4, -0.2) is 63.3 Å². The summed E-state index contributed by atoms with van der Waals surface area (Å²) in [5.74, 6) is 1.31. The Balaban J connectivity index is 1.19. The van der Waals surface area contributed by atoms with Crippen molar-refractivity contribution in [1.82, 2.24) is 29.7 Å². The Bertz CT molecular complexity index is 1540. The van der Waals surface area contributed by atoms with Crippen LogP contribution in [-0.2, 0) is 0 Å². The number of carbonyl (C=O) groups is 1. The summed E-state index contributed by atoms with van der Waals surface area (Å²) in [6.45, 7) is 1.78. The normalized spacial score (nSPS) is 15.8. The van der Waals surface area contributed by atoms with Gasteiger partial charge in [-0.05, 0) is 29.7 Å². The van der Waals surface area contributed by atoms with Crippen LogP contribution < -0.4 is 15.5 Å². The van der Waals surface area contributed by atoms with Gasteiger partial charge in [0.05, 0.1) is 23.3 Å². The number of anilines is 2. The molecule has 1 atom stereocenters. The molecule has 2 aromatic heterocycles. The summed E-state index contributed by atoms with van der Waals surface area (Å²) >= 11 is 0. The lowest BCUT2D eigenvalue weighted by Gasteiger charge is -2.38. The molecule has 3 aromatic carbocycles. The maximum absolute atomic E-state index is 13.2. The summed E-state index contributed by atoms with van der Waals surface area (Å²) in [4.78, 5) is 30.7. The van der Waals surface area contributed by atoms with Crippen molar-refractivity contribution < 1.29 is 4.79 Å². The van der Waals surface area contributed by atoms with E-state index in [1.54, 1.807) is 12.5 Å². The van der Waals surface area contributed by atoms with Crippen LogP contribution in [0.5, 0.6) is 0 Å². The van der Waals surface area contributed by atoms with E-state index in [-0.39, 0.29) is 12.2 Å². The number of fused-ring (bicyclic) bond motifs is 2. The first-order chi connectivity index (χ1) is 17.7. The molecule has 1 unspecified atom stereocenters. The Morgan fingerprint density at radius 3 is 2.81 bits per heavy atom. The highest BCUT2D eigenvalue weighted by Gasteiger charge is 2.27. The van der Waals surface area contributed by atoms with Crippen molar-refractivity contribution in [3.8, 4) is 5.82 Å². The third-order valence-corrected chi connectivity index (χ3v) is 6.58. The van der Waals surface area contributed by atoms with Crippen molar-refractivity contribution in [2.24, 2.45) is 0 Å². The predicted molar refractivity (Wildman–Crippen MR) is 141 cm³/mol. The van der Waals surface area contributed by atoms with Gasteiger partial charge in [0, 0.05) is 31.7 Å². The highest BCUT2D eigenvalue weighted by Crippen LogP contribution is 2.24. The van der Waals surface area contributed by atoms with Crippen LogP contribution in [0.3, 0.4) is 0 Å². The third-order valence-electron chi connectivity index (χ3n) is 6.58. The van der Waals surface area contributed by atoms with Crippen LogP contribution in [0.4, 0.5) is 16.4 Å². The molecule has 180 valence electrons. The number of nitrogens with zero attached hydrogens (tertiary/aromatic N) is 6. The smallest absolute Gasteiger partial charge is 0.322 e. The zero-order valence-corrected chi connectivity index (χ0v) is 19.9. The zero-order chi connectivity index (χ0) is 24.5. The van der Waals surface area contributed by atoms with E-state index in [4.69, 9.17) is 4.98 Å². The number of urea groups is 1. The molecule has 0 aliphatic carbocycles. The van der Waals surface area contributed by atoms with Crippen molar-refractivity contribution in [1.29, 1.82) is 0 Å². The second-order valence-corrected chi connectivity index (χ2v) is 8.80. The van der Waals surface area contributed by atoms with E-state index in [1.165, 1.54) is 0 Å². The van der Waals surface area contributed by atoms with E-state index >= 15 is 0 Å². The Morgan fingerprint density at radius 1 is 1.03 bits per heavy atom. The van der Waals surface area contributed by atoms with Crippen molar-refractivity contribution in [2.45, 2.75) is 6.17 Å². The van der Waals surface area contributed by atoms with Gasteiger partial charge >= 0.3 is 6.03 Å². The van der Waals surface area contributed by atoms with Gasteiger partial charge in [-0.1, -0.05) is 48.5 Å². The highest BCUT2D eigenvalue weighted by atomic mass is 16.2. The summed E-state index contributed by atoms with van der Waals surface area (Å²) in [6, 6.07) is 23.7. The van der Waals surface area contributed by atoms with Gasteiger partial charge in [-0.3, -0.25) is 9.88 Å². The number of rotatable bonds is 4. The van der Waals surface area contributed by atoms with E-state index in [0.717, 1.165) is 33.3 Å². The first kappa shape index (κ1) is 22.0. The highest BCUT2D eigenvalue weighted by molar-refractivity contribution is 6.01. The van der Waals surface area contributed by atoms with Gasteiger partial charge in [0.25, 0.3) is 0 Å². The fraction of sp³-hybridized carbons (Fsp3) is 0.185. The largest absolute Gasteiger partial charge is 0.326 e. The number of benzene rings is 3. The quantitative estimate of drug-likeness (QED) is 0.408. The van der Waals surface area contributed by atoms with Crippen molar-refractivity contribution >= 4 is 39.5 Å². The van der Waals surface area contributed by atoms with E-state index in [0.29, 0.717) is 25.6 Å². The average molecular weight is 479 g/mol. The number of carbonyl (C=O) groups excluding carboxylic acids is 1. The molecule has 5 aromatic rings. The molecule has 0 saturated carbocycles. The molecule has 2 N–H and O–H groups in total. The SMILES string of the molecule is CN(c1nccc(-n2cnc3ccccc32)n1)C1CN(C(=O)Nc2cccc3ccccc23)CCN1. The summed E-state index contributed by atoms with van der Waals surface area (Å²) in [6.07, 6.45) is 3.39. The number of hydrogen-bond donors (Lipinski definition) is 2. The molecule has 1 saturated heterocycles. The van der Waals surface area contributed by atoms with Gasteiger partial charge in [0.2, 0.25) is 5.95 Å². The van der Waals surface area contributed by atoms with Crippen molar-refractivity contribution in [2.75, 3.05) is 36.9 Å². The van der Waals surface area contributed by atoms with Gasteiger partial charge < -0.3 is 15.1 Å². The number of likely N-dealkylation sites (N-methyl/N-ethyl adjacent to an activating group) is 1. The molecule has 3 heterocycles. The topological polar surface area (TPSA) is 91.2 Å². The molecule has 6 rings (SSSR count). The first-order valence-electron chi connectivity index (χ1n) is 11.9. The van der Waals surface area contributed by atoms with E-state index in [9.17, 15) is 4.79 Å². The van der Waals surface area contributed by atoms with Crippen LogP contribution >= 0.6 is 0 Å². The molecule has 0 bridgehead atoms. The maximum Gasteiger partial charge on any atom is 0.322 e. The maximum atomic E-state index is 13.2. The fourth-order valence-corrected chi connectivity index (χ4v) is 4.63. The number of amides is 2. The van der Waals surface area contributed by atoms with E-state index in [1.807, 2.05) is 94.2 Å². The van der Waals surface area contributed by atoms with Gasteiger partial charge in [-0.15, -0.1) is 0 Å². The lowest BCUT2D eigenvalue weighted by molar-refractivity contribution is 0.189. The molecule has 1 fully saturated rings. The standard InChI is InChI=1S/C27H26N8O/c1-33(26-29-14-13-24(32-26)35-18-30-22-10-4-5-12-23(22)35)25-17-34(16-15-28-25)27(36)31-21-11-6-8-19-7-2-3-9-20(19)21/h2-14,18,25,28H,15-17H2,1H3,(H,31,36). The molecular formula is C27H26N8O. The minimum Gasteiger partial charge on any atom is -0.326 e. The van der Waals surface area contributed by atoms with Gasteiger partial charge in [-0.25, -0.2) is 14.8 Å². The zero-order valence-electron chi connectivity index (χ0n) is 19.9. The Hall–Kier alpha value is -4.50. The number of aromatic nitrogens is 4. The van der Waals surface area contributed by atoms with Gasteiger partial charge in [0.1, 0.15) is 18.3 Å². The van der Waals surface area contributed by atoms with E-state index in [2.05, 4.69) is 20.6 Å². The Labute approximate surface area is 208 Å². The van der Waals surface area contributed by atoms with Gasteiger partial charge in [0.15, 0.2) is 0 Å². The average Bonchev–Trinajstić information content (AvgIpc) is 3.37. The van der Waals surface area contributed by atoms with Crippen molar-refractivity contribution in [3.05, 3.63) is 85.3 Å². The lowest BCUT2D eigenvalue weighted by atomic mass is 10.1. The third kappa shape index (κ3) is 4.09. The minimum absolute atomic E-state index is 0.120. The van der Waals surface area contributed by atoms with Crippen LogP contribution in [0.2, 0.25) is 0 Å². The molecule has 1 aliphatic rings. The summed E-state index contributed by atoms with van der Waals surface area (Å²) in [7, 11) is 1.94. The van der Waals surface area contributed by atoms with Crippen LogP contribution in [0, 0.1) is 0 Å². The second kappa shape index (κ2) is 9.27. The van der Waals surface area contributed by atoms with Crippen LogP contribution in [0.25, 0.3) is 27.6 Å². The number of para-hydroxylation sites is 2. The summed E-state index contributed by atoms with van der Waals surface area (Å²) in [5.41, 5.74) is 2.70. The summed E-state index contributed by atoms with van der Waals surface area (Å²) in [5, 5.41) is 8.70. The monoisotopic (exact) mass is 478 g/mol. The van der Waals surface area contributed by atoms with Gasteiger partial charge in [-0.2, -0.15) is 4.98 Å². The predicted octanol–water partition coefficient (Wildman–Crippen LogP) is 3.87. The Morgan fingerprint density at radius 2 is 1.86 bits per heavy atom. The molecule has 0 spiro atoms. The summed E-state index contributed by atoms with van der Waals surface area (Å²) < 4.78 is 1.95. The van der Waals surface area contributed by atoms with Crippen LogP contribution in [0.15, 0.2) is 85.3 Å². The first-order valence-corrected chi connectivity index (χ1v) is 11.9. The molecular weight excluding hydrogens is 452 g/mol. The molecule has 2 amide bonds. The van der Waals surface area contributed by atoms with Crippen molar-refractivity contribution in [3.63, 3.8) is 0 Å². The number of nitrogens with one attached hydrogen (secondary N) is 2. The second-order valence-electron chi connectivity index (χ2n) is 8.80.